The number of amides is 1. The van der Waals surface area contributed by atoms with Crippen molar-refractivity contribution in [2.75, 3.05) is 7.05 Å². The second-order valence-corrected chi connectivity index (χ2v) is 7.33. The van der Waals surface area contributed by atoms with Crippen molar-refractivity contribution in [3.8, 4) is 22.4 Å². The molecule has 4 rings (SSSR count). The van der Waals surface area contributed by atoms with E-state index < -0.39 is 11.7 Å². The fourth-order valence-electron chi connectivity index (χ4n) is 3.45. The summed E-state index contributed by atoms with van der Waals surface area (Å²) in [6.45, 7) is 0.298. The molecule has 0 unspecified atom stereocenters. The summed E-state index contributed by atoms with van der Waals surface area (Å²) in [5.74, 6) is -0.358. The van der Waals surface area contributed by atoms with Gasteiger partial charge in [-0.25, -0.2) is 0 Å². The summed E-state index contributed by atoms with van der Waals surface area (Å²) in [6.07, 6.45) is 0.738. The van der Waals surface area contributed by atoms with E-state index in [9.17, 15) is 18.0 Å². The van der Waals surface area contributed by atoms with Crippen LogP contribution in [0.4, 0.5) is 13.2 Å². The first-order valence-corrected chi connectivity index (χ1v) is 9.79. The van der Waals surface area contributed by atoms with E-state index in [-0.39, 0.29) is 11.5 Å². The molecule has 1 N–H and O–H groups in total. The van der Waals surface area contributed by atoms with Gasteiger partial charge in [0, 0.05) is 42.7 Å². The summed E-state index contributed by atoms with van der Waals surface area (Å²) in [4.78, 5) is 18.2. The van der Waals surface area contributed by atoms with E-state index in [1.807, 2.05) is 36.4 Å². The number of halogens is 3. The van der Waals surface area contributed by atoms with Gasteiger partial charge in [-0.05, 0) is 53.6 Å². The fraction of sp³-hybridized carbons (Fsp3) is 0.125. The number of aromatic nitrogens is 3. The maximum absolute atomic E-state index is 12.8. The van der Waals surface area contributed by atoms with E-state index in [0.717, 1.165) is 40.1 Å². The zero-order valence-electron chi connectivity index (χ0n) is 17.1. The predicted octanol–water partition coefficient (Wildman–Crippen LogP) is 5.43. The first-order valence-electron chi connectivity index (χ1n) is 9.79. The molecule has 0 saturated carbocycles. The summed E-state index contributed by atoms with van der Waals surface area (Å²) in [5, 5.41) is 7.19. The van der Waals surface area contributed by atoms with Crippen LogP contribution in [-0.4, -0.2) is 33.0 Å². The Hall–Kier alpha value is -3.94. The number of pyridine rings is 1. The highest BCUT2D eigenvalue weighted by Crippen LogP contribution is 2.31. The molecule has 2 aromatic carbocycles. The lowest BCUT2D eigenvalue weighted by Crippen LogP contribution is -2.26. The number of H-pyrrole nitrogens is 1. The number of nitrogens with one attached hydrogen (secondary N) is 1. The summed E-state index contributed by atoms with van der Waals surface area (Å²) < 4.78 is 38.3. The molecule has 4 aromatic rings. The molecular formula is C24H19F3N4O. The summed E-state index contributed by atoms with van der Waals surface area (Å²) in [5.41, 5.74) is 3.94. The average Bonchev–Trinajstić information content (AvgIpc) is 3.29. The summed E-state index contributed by atoms with van der Waals surface area (Å²) in [6, 6.07) is 15.7. The van der Waals surface area contributed by atoms with Gasteiger partial charge >= 0.3 is 6.18 Å². The highest BCUT2D eigenvalue weighted by molar-refractivity contribution is 5.94. The van der Waals surface area contributed by atoms with E-state index >= 15 is 0 Å². The van der Waals surface area contributed by atoms with Crippen molar-refractivity contribution in [2.24, 2.45) is 0 Å². The molecule has 0 fully saturated rings. The number of nitrogens with zero attached hydrogens (tertiary/aromatic N) is 3. The molecule has 162 valence electrons. The number of hydrogen-bond donors (Lipinski definition) is 1. The first kappa shape index (κ1) is 21.3. The minimum Gasteiger partial charge on any atom is -0.337 e. The maximum atomic E-state index is 12.8. The Labute approximate surface area is 182 Å². The van der Waals surface area contributed by atoms with Gasteiger partial charge < -0.3 is 4.90 Å². The van der Waals surface area contributed by atoms with E-state index in [0.29, 0.717) is 6.54 Å². The number of hydrogen-bond acceptors (Lipinski definition) is 3. The zero-order chi connectivity index (χ0) is 22.7. The largest absolute Gasteiger partial charge is 0.416 e. The lowest BCUT2D eigenvalue weighted by Gasteiger charge is -2.18. The zero-order valence-corrected chi connectivity index (χ0v) is 17.1. The Balaban J connectivity index is 1.52. The van der Waals surface area contributed by atoms with Crippen molar-refractivity contribution >= 4 is 5.91 Å². The lowest BCUT2D eigenvalue weighted by molar-refractivity contribution is -0.137. The number of carbonyl (C=O) groups is 1. The van der Waals surface area contributed by atoms with Gasteiger partial charge in [0.15, 0.2) is 0 Å². The van der Waals surface area contributed by atoms with E-state index in [4.69, 9.17) is 0 Å². The van der Waals surface area contributed by atoms with Gasteiger partial charge in [-0.3, -0.25) is 14.9 Å². The van der Waals surface area contributed by atoms with Crippen LogP contribution < -0.4 is 0 Å². The highest BCUT2D eigenvalue weighted by atomic mass is 19.4. The Bertz CT molecular complexity index is 1220. The van der Waals surface area contributed by atoms with Crippen LogP contribution in [0, 0.1) is 0 Å². The predicted molar refractivity (Wildman–Crippen MR) is 114 cm³/mol. The van der Waals surface area contributed by atoms with Crippen molar-refractivity contribution < 1.29 is 18.0 Å². The minimum absolute atomic E-state index is 0.199. The number of rotatable bonds is 5. The van der Waals surface area contributed by atoms with Gasteiger partial charge in [0.2, 0.25) is 0 Å². The SMILES string of the molecule is CN(Cc1cccc(-c2[nH]ncc2-c2ccncc2)c1)C(=O)c1ccc(C(F)(F)F)cc1. The molecule has 2 aromatic heterocycles. The van der Waals surface area contributed by atoms with Crippen LogP contribution in [0.1, 0.15) is 21.5 Å². The van der Waals surface area contributed by atoms with Crippen LogP contribution in [0.25, 0.3) is 22.4 Å². The van der Waals surface area contributed by atoms with Crippen molar-refractivity contribution in [1.29, 1.82) is 0 Å². The van der Waals surface area contributed by atoms with Gasteiger partial charge in [-0.15, -0.1) is 0 Å². The first-order chi connectivity index (χ1) is 15.3. The van der Waals surface area contributed by atoms with Gasteiger partial charge in [0.05, 0.1) is 17.5 Å². The molecule has 0 aliphatic rings. The Kier molecular flexibility index (Phi) is 5.77. The van der Waals surface area contributed by atoms with Crippen LogP contribution in [0.15, 0.2) is 79.3 Å². The molecule has 8 heteroatoms. The molecular weight excluding hydrogens is 417 g/mol. The topological polar surface area (TPSA) is 61.9 Å². The van der Waals surface area contributed by atoms with Crippen LogP contribution in [-0.2, 0) is 12.7 Å². The number of aromatic amines is 1. The summed E-state index contributed by atoms with van der Waals surface area (Å²) >= 11 is 0. The smallest absolute Gasteiger partial charge is 0.337 e. The Morgan fingerprint density at radius 1 is 1.00 bits per heavy atom. The Morgan fingerprint density at radius 2 is 1.72 bits per heavy atom. The van der Waals surface area contributed by atoms with E-state index in [1.54, 1.807) is 25.6 Å². The molecule has 0 spiro atoms. The van der Waals surface area contributed by atoms with Crippen molar-refractivity contribution in [1.82, 2.24) is 20.1 Å². The third-order valence-corrected chi connectivity index (χ3v) is 5.07. The number of benzene rings is 2. The third kappa shape index (κ3) is 4.54. The van der Waals surface area contributed by atoms with Crippen molar-refractivity contribution in [2.45, 2.75) is 12.7 Å². The number of alkyl halides is 3. The van der Waals surface area contributed by atoms with Gasteiger partial charge in [-0.1, -0.05) is 18.2 Å². The third-order valence-electron chi connectivity index (χ3n) is 5.07. The van der Waals surface area contributed by atoms with Crippen LogP contribution in [0.3, 0.4) is 0 Å². The van der Waals surface area contributed by atoms with Crippen LogP contribution in [0.5, 0.6) is 0 Å². The average molecular weight is 436 g/mol. The van der Waals surface area contributed by atoms with Crippen molar-refractivity contribution in [3.05, 3.63) is 95.9 Å². The normalized spacial score (nSPS) is 11.4. The Morgan fingerprint density at radius 3 is 2.41 bits per heavy atom. The molecule has 1 amide bonds. The molecule has 0 saturated heterocycles. The number of carbonyl (C=O) groups excluding carboxylic acids is 1. The molecule has 0 aliphatic heterocycles. The molecule has 0 radical (unpaired) electrons. The molecule has 32 heavy (non-hydrogen) atoms. The van der Waals surface area contributed by atoms with Crippen LogP contribution >= 0.6 is 0 Å². The van der Waals surface area contributed by atoms with Gasteiger partial charge in [0.1, 0.15) is 0 Å². The van der Waals surface area contributed by atoms with Crippen molar-refractivity contribution in [3.63, 3.8) is 0 Å². The molecule has 0 aliphatic carbocycles. The van der Waals surface area contributed by atoms with E-state index in [2.05, 4.69) is 15.2 Å². The standard InChI is InChI=1S/C24H19F3N4O/c1-31(23(32)18-5-7-20(8-6-18)24(25,26)27)15-16-3-2-4-19(13-16)22-21(14-29-30-22)17-9-11-28-12-10-17/h2-14H,15H2,1H3,(H,29,30). The maximum Gasteiger partial charge on any atom is 0.416 e. The van der Waals surface area contributed by atoms with Gasteiger partial charge in [-0.2, -0.15) is 18.3 Å². The fourth-order valence-corrected chi connectivity index (χ4v) is 3.45. The molecule has 2 heterocycles. The van der Waals surface area contributed by atoms with E-state index in [1.165, 1.54) is 17.0 Å². The highest BCUT2D eigenvalue weighted by Gasteiger charge is 2.30. The summed E-state index contributed by atoms with van der Waals surface area (Å²) in [7, 11) is 1.62. The van der Waals surface area contributed by atoms with Gasteiger partial charge in [0.25, 0.3) is 5.91 Å². The lowest BCUT2D eigenvalue weighted by atomic mass is 10.0. The second-order valence-electron chi connectivity index (χ2n) is 7.33. The quantitative estimate of drug-likeness (QED) is 0.454. The second kappa shape index (κ2) is 8.66. The van der Waals surface area contributed by atoms with Crippen LogP contribution in [0.2, 0.25) is 0 Å². The monoisotopic (exact) mass is 436 g/mol. The molecule has 5 nitrogen and oxygen atoms in total. The minimum atomic E-state index is -4.43. The molecule has 0 bridgehead atoms. The molecule has 0 atom stereocenters.